The van der Waals surface area contributed by atoms with Crippen molar-refractivity contribution in [3.05, 3.63) is 120 Å². The van der Waals surface area contributed by atoms with Gasteiger partial charge in [0.15, 0.2) is 22.9 Å². The van der Waals surface area contributed by atoms with E-state index in [1.54, 1.807) is 55.5 Å². The molecule has 1 aliphatic rings. The first-order valence-electron chi connectivity index (χ1n) is 12.7. The van der Waals surface area contributed by atoms with Gasteiger partial charge in [0.2, 0.25) is 0 Å². The van der Waals surface area contributed by atoms with E-state index < -0.39 is 12.0 Å². The lowest BCUT2D eigenvalue weighted by Gasteiger charge is -2.25. The van der Waals surface area contributed by atoms with Gasteiger partial charge in [0.25, 0.3) is 5.56 Å². The van der Waals surface area contributed by atoms with Crippen LogP contribution in [-0.2, 0) is 9.53 Å². The molecule has 0 saturated heterocycles. The Labute approximate surface area is 244 Å². The van der Waals surface area contributed by atoms with Crippen LogP contribution in [0.5, 0.6) is 11.5 Å². The second-order valence-corrected chi connectivity index (χ2v) is 10.3. The number of halogens is 1. The van der Waals surface area contributed by atoms with Gasteiger partial charge in [-0.1, -0.05) is 71.5 Å². The number of esters is 1. The third kappa shape index (κ3) is 5.66. The smallest absolute Gasteiger partial charge is 0.338 e. The lowest BCUT2D eigenvalue weighted by molar-refractivity contribution is -0.138. The number of nitrogens with zero attached hydrogens (tertiary/aromatic N) is 3. The molecule has 2 heterocycles. The van der Waals surface area contributed by atoms with Gasteiger partial charge >= 0.3 is 5.97 Å². The fourth-order valence-electron chi connectivity index (χ4n) is 4.56. The normalized spacial score (nSPS) is 14.6. The molecule has 1 aromatic heterocycles. The van der Waals surface area contributed by atoms with E-state index >= 15 is 0 Å². The highest BCUT2D eigenvalue weighted by Gasteiger charge is 2.35. The van der Waals surface area contributed by atoms with Crippen molar-refractivity contribution >= 4 is 40.7 Å². The van der Waals surface area contributed by atoms with Crippen LogP contribution in [-0.4, -0.2) is 30.9 Å². The average molecular weight is 586 g/mol. The van der Waals surface area contributed by atoms with Gasteiger partial charge in [0, 0.05) is 10.6 Å². The third-order valence-corrected chi connectivity index (χ3v) is 7.57. The number of benzene rings is 3. The van der Waals surface area contributed by atoms with Crippen LogP contribution < -0.4 is 24.4 Å². The molecule has 3 aromatic carbocycles. The number of methoxy groups -OCH3 is 1. The first-order chi connectivity index (χ1) is 19.9. The summed E-state index contributed by atoms with van der Waals surface area (Å²) in [5, 5.41) is 9.37. The van der Waals surface area contributed by atoms with Crippen molar-refractivity contribution in [3.8, 4) is 17.6 Å². The largest absolute Gasteiger partial charge is 0.493 e. The van der Waals surface area contributed by atoms with Gasteiger partial charge in [-0.05, 0) is 48.4 Å². The van der Waals surface area contributed by atoms with Crippen LogP contribution in [0.2, 0.25) is 5.02 Å². The maximum Gasteiger partial charge on any atom is 0.338 e. The molecule has 0 saturated carbocycles. The molecule has 8 nitrogen and oxygen atoms in total. The number of aromatic nitrogens is 1. The van der Waals surface area contributed by atoms with Crippen molar-refractivity contribution in [3.63, 3.8) is 0 Å². The molecule has 1 aliphatic heterocycles. The molecule has 0 amide bonds. The molecule has 0 bridgehead atoms. The van der Waals surface area contributed by atoms with Crippen LogP contribution in [0.15, 0.2) is 88.2 Å². The Morgan fingerprint density at radius 2 is 1.88 bits per heavy atom. The van der Waals surface area contributed by atoms with Crippen LogP contribution in [0.25, 0.3) is 11.8 Å². The van der Waals surface area contributed by atoms with Gasteiger partial charge in [-0.3, -0.25) is 9.36 Å². The van der Waals surface area contributed by atoms with Crippen molar-refractivity contribution in [1.29, 1.82) is 5.26 Å². The number of rotatable bonds is 8. The number of carbonyl (C=O) groups excluding carboxylic acids is 1. The summed E-state index contributed by atoms with van der Waals surface area (Å²) in [6.07, 6.45) is 1.73. The van der Waals surface area contributed by atoms with Crippen molar-refractivity contribution in [1.82, 2.24) is 4.57 Å². The van der Waals surface area contributed by atoms with Gasteiger partial charge in [-0.15, -0.1) is 0 Å². The van der Waals surface area contributed by atoms with Gasteiger partial charge in [-0.25, -0.2) is 9.79 Å². The van der Waals surface area contributed by atoms with E-state index in [4.69, 9.17) is 36.1 Å². The summed E-state index contributed by atoms with van der Waals surface area (Å²) in [5.74, 6) is 0.292. The van der Waals surface area contributed by atoms with Crippen LogP contribution in [0.1, 0.15) is 29.7 Å². The number of hydrogen-bond acceptors (Lipinski definition) is 8. The van der Waals surface area contributed by atoms with Crippen molar-refractivity contribution in [2.24, 2.45) is 4.99 Å². The Bertz CT molecular complexity index is 1850. The van der Waals surface area contributed by atoms with Crippen LogP contribution in [0.3, 0.4) is 0 Å². The van der Waals surface area contributed by atoms with Gasteiger partial charge in [0.1, 0.15) is 6.07 Å². The molecular weight excluding hydrogens is 562 g/mol. The van der Waals surface area contributed by atoms with E-state index in [1.165, 1.54) is 23.0 Å². The van der Waals surface area contributed by atoms with Crippen molar-refractivity contribution < 1.29 is 19.0 Å². The van der Waals surface area contributed by atoms with E-state index in [0.717, 1.165) is 5.56 Å². The van der Waals surface area contributed by atoms with E-state index in [9.17, 15) is 9.59 Å². The standard InChI is InChI=1S/C31H24ClN3O5S/c1-3-39-30(37)26-27(20-7-5-4-6-8-20)34-31-35(28(26)21-10-12-22(32)13-11-21)29(36)25(41-31)18-19-9-14-23(40-16-15-33)24(17-19)38-2/h4-14,17-18,28H,3,16H2,1-2H3/b25-18-/t28-/m0/s1. The SMILES string of the molecule is CCOC(=O)C1=C(c2ccccc2)N=c2s/c(=C\c3ccc(OCC#N)c(OC)c3)c(=O)n2[C@H]1c1ccc(Cl)cc1. The number of carbonyl (C=O) groups is 1. The molecule has 0 unspecified atom stereocenters. The van der Waals surface area contributed by atoms with E-state index in [2.05, 4.69) is 0 Å². The highest BCUT2D eigenvalue weighted by atomic mass is 35.5. The molecular formula is C31H24ClN3O5S. The lowest BCUT2D eigenvalue weighted by Crippen LogP contribution is -2.40. The molecule has 0 spiro atoms. The number of fused-ring (bicyclic) bond motifs is 1. The average Bonchev–Trinajstić information content (AvgIpc) is 3.30. The fourth-order valence-corrected chi connectivity index (χ4v) is 5.68. The molecule has 0 aliphatic carbocycles. The predicted molar refractivity (Wildman–Crippen MR) is 157 cm³/mol. The molecule has 0 radical (unpaired) electrons. The van der Waals surface area contributed by atoms with E-state index in [1.807, 2.05) is 36.4 Å². The fraction of sp³-hybridized carbons (Fsp3) is 0.161. The molecule has 41 heavy (non-hydrogen) atoms. The van der Waals surface area contributed by atoms with Gasteiger partial charge in [-0.2, -0.15) is 5.26 Å². The molecule has 0 N–H and O–H groups in total. The Morgan fingerprint density at radius 1 is 1.12 bits per heavy atom. The zero-order valence-electron chi connectivity index (χ0n) is 22.2. The molecule has 1 atom stereocenters. The zero-order chi connectivity index (χ0) is 28.9. The van der Waals surface area contributed by atoms with E-state index in [0.29, 0.717) is 42.7 Å². The molecule has 0 fully saturated rings. The van der Waals surface area contributed by atoms with Crippen LogP contribution in [0, 0.1) is 11.3 Å². The first kappa shape index (κ1) is 27.9. The topological polar surface area (TPSA) is 103 Å². The Kier molecular flexibility index (Phi) is 8.34. The first-order valence-corrected chi connectivity index (χ1v) is 13.9. The second-order valence-electron chi connectivity index (χ2n) is 8.84. The van der Waals surface area contributed by atoms with E-state index in [-0.39, 0.29) is 24.3 Å². The highest BCUT2D eigenvalue weighted by molar-refractivity contribution is 7.07. The number of ether oxygens (including phenoxy) is 3. The number of nitriles is 1. The predicted octanol–water partition coefficient (Wildman–Crippen LogP) is 4.50. The molecule has 206 valence electrons. The third-order valence-electron chi connectivity index (χ3n) is 6.34. The summed E-state index contributed by atoms with van der Waals surface area (Å²) in [6, 6.07) is 22.7. The summed E-state index contributed by atoms with van der Waals surface area (Å²) in [4.78, 5) is 32.8. The Morgan fingerprint density at radius 3 is 2.56 bits per heavy atom. The zero-order valence-corrected chi connectivity index (χ0v) is 23.7. The summed E-state index contributed by atoms with van der Waals surface area (Å²) in [5.41, 5.74) is 2.50. The number of thiazole rings is 1. The Balaban J connectivity index is 1.75. The molecule has 4 aromatic rings. The quantitative estimate of drug-likeness (QED) is 0.282. The lowest BCUT2D eigenvalue weighted by atomic mass is 9.93. The van der Waals surface area contributed by atoms with Crippen molar-refractivity contribution in [2.45, 2.75) is 13.0 Å². The minimum atomic E-state index is -0.795. The summed E-state index contributed by atoms with van der Waals surface area (Å²) in [6.45, 7) is 1.78. The Hall–Kier alpha value is -4.65. The minimum Gasteiger partial charge on any atom is -0.493 e. The summed E-state index contributed by atoms with van der Waals surface area (Å²) in [7, 11) is 1.50. The summed E-state index contributed by atoms with van der Waals surface area (Å²) < 4.78 is 18.3. The minimum absolute atomic E-state index is 0.119. The van der Waals surface area contributed by atoms with Crippen molar-refractivity contribution in [2.75, 3.05) is 20.3 Å². The van der Waals surface area contributed by atoms with Gasteiger partial charge in [0.05, 0.1) is 35.6 Å². The van der Waals surface area contributed by atoms with Gasteiger partial charge < -0.3 is 14.2 Å². The maximum absolute atomic E-state index is 14.0. The van der Waals surface area contributed by atoms with Crippen LogP contribution >= 0.6 is 22.9 Å². The summed E-state index contributed by atoms with van der Waals surface area (Å²) >= 11 is 7.40. The molecule has 10 heteroatoms. The number of hydrogen-bond donors (Lipinski definition) is 0. The van der Waals surface area contributed by atoms with Crippen LogP contribution in [0.4, 0.5) is 0 Å². The second kappa shape index (κ2) is 12.3. The monoisotopic (exact) mass is 585 g/mol. The maximum atomic E-state index is 14.0. The highest BCUT2D eigenvalue weighted by Crippen LogP contribution is 2.35. The molecule has 5 rings (SSSR count).